The number of thioether (sulfide) groups is 1. The number of carboxylic acid groups (broad SMARTS) is 1. The molecule has 0 fully saturated rings. The molecule has 0 unspecified atom stereocenters. The van der Waals surface area contributed by atoms with Crippen molar-refractivity contribution in [1.82, 2.24) is 4.98 Å². The van der Waals surface area contributed by atoms with Crippen molar-refractivity contribution in [1.29, 1.82) is 0 Å². The summed E-state index contributed by atoms with van der Waals surface area (Å²) in [4.78, 5) is 16.3. The summed E-state index contributed by atoms with van der Waals surface area (Å²) in [5, 5.41) is 9.00. The number of hydrogen-bond acceptors (Lipinski definition) is 4. The van der Waals surface area contributed by atoms with Gasteiger partial charge in [-0.1, -0.05) is 38.1 Å². The number of carboxylic acids is 1. The highest BCUT2D eigenvalue weighted by Gasteiger charge is 2.06. The lowest BCUT2D eigenvalue weighted by Crippen LogP contribution is -1.98. The number of carbonyl (C=O) groups is 1. The average molecular weight is 420 g/mol. The largest absolute Gasteiger partial charge is 0.488 e. The lowest BCUT2D eigenvalue weighted by Gasteiger charge is -2.12. The Balaban J connectivity index is 1.77. The number of aromatic nitrogens is 1. The minimum Gasteiger partial charge on any atom is -0.488 e. The molecule has 0 aliphatic carbocycles. The maximum atomic E-state index is 11.0. The Morgan fingerprint density at radius 3 is 2.47 bits per heavy atom. The van der Waals surface area contributed by atoms with Crippen LogP contribution in [0.15, 0.2) is 65.7 Å². The van der Waals surface area contributed by atoms with Gasteiger partial charge in [0.25, 0.3) is 0 Å². The Hall–Kier alpha value is -3.05. The maximum Gasteiger partial charge on any atom is 0.337 e. The first-order valence-electron chi connectivity index (χ1n) is 9.73. The van der Waals surface area contributed by atoms with Gasteiger partial charge in [-0.2, -0.15) is 0 Å². The van der Waals surface area contributed by atoms with Crippen LogP contribution in [0.5, 0.6) is 5.75 Å². The Morgan fingerprint density at radius 2 is 1.87 bits per heavy atom. The quantitative estimate of drug-likeness (QED) is 0.430. The van der Waals surface area contributed by atoms with Crippen LogP contribution in [0, 0.1) is 0 Å². The molecule has 1 N–H and O–H groups in total. The minimum absolute atomic E-state index is 0.170. The predicted molar refractivity (Wildman–Crippen MR) is 123 cm³/mol. The van der Waals surface area contributed by atoms with Crippen LogP contribution in [0.2, 0.25) is 0 Å². The van der Waals surface area contributed by atoms with Gasteiger partial charge >= 0.3 is 5.97 Å². The van der Waals surface area contributed by atoms with E-state index in [1.54, 1.807) is 23.9 Å². The lowest BCUT2D eigenvalue weighted by molar-refractivity contribution is 0.0696. The van der Waals surface area contributed by atoms with E-state index in [0.717, 1.165) is 21.8 Å². The van der Waals surface area contributed by atoms with Crippen LogP contribution >= 0.6 is 11.8 Å². The number of pyridine rings is 1. The highest BCUT2D eigenvalue weighted by molar-refractivity contribution is 7.98. The van der Waals surface area contributed by atoms with E-state index >= 15 is 0 Å². The number of aromatic carboxylic acids is 1. The van der Waals surface area contributed by atoms with Gasteiger partial charge in [-0.3, -0.25) is 4.98 Å². The molecule has 30 heavy (non-hydrogen) atoms. The van der Waals surface area contributed by atoms with Crippen LogP contribution in [-0.2, 0) is 6.61 Å². The molecule has 3 rings (SSSR count). The molecule has 0 aliphatic heterocycles. The van der Waals surface area contributed by atoms with E-state index in [0.29, 0.717) is 18.2 Å². The zero-order valence-electron chi connectivity index (χ0n) is 17.3. The van der Waals surface area contributed by atoms with Crippen molar-refractivity contribution < 1.29 is 14.6 Å². The summed E-state index contributed by atoms with van der Waals surface area (Å²) in [7, 11) is 0. The van der Waals surface area contributed by atoms with Crippen LogP contribution in [0.3, 0.4) is 0 Å². The smallest absolute Gasteiger partial charge is 0.337 e. The minimum atomic E-state index is -0.984. The fraction of sp³-hybridized carbons (Fsp3) is 0.200. The number of hydrogen-bond donors (Lipinski definition) is 1. The molecular formula is C25H25NO3S. The first-order valence-corrected chi connectivity index (χ1v) is 11.0. The summed E-state index contributed by atoms with van der Waals surface area (Å²) in [5.41, 5.74) is 4.24. The molecule has 4 nitrogen and oxygen atoms in total. The van der Waals surface area contributed by atoms with Crippen LogP contribution in [-0.4, -0.2) is 22.3 Å². The zero-order valence-corrected chi connectivity index (χ0v) is 18.1. The average Bonchev–Trinajstić information content (AvgIpc) is 2.77. The van der Waals surface area contributed by atoms with Crippen LogP contribution in [0.4, 0.5) is 0 Å². The first kappa shape index (κ1) is 21.7. The fourth-order valence-electron chi connectivity index (χ4n) is 2.88. The molecule has 0 radical (unpaired) electrons. The molecule has 1 heterocycles. The molecule has 3 aromatic rings. The molecule has 5 heteroatoms. The molecule has 0 saturated carbocycles. The van der Waals surface area contributed by atoms with Crippen LogP contribution in [0.25, 0.3) is 12.2 Å². The standard InChI is InChI=1S/C25H25NO3S/c1-17(2)19-6-4-18(5-7-19)16-29-24-13-12-23(30-3)14-20(24)8-10-22-11-9-21(15-26-22)25(27)28/h4-15,17H,16H2,1-3H3,(H,27,28)/b10-8+. The highest BCUT2D eigenvalue weighted by Crippen LogP contribution is 2.27. The Bertz CT molecular complexity index is 1030. The van der Waals surface area contributed by atoms with E-state index in [-0.39, 0.29) is 5.56 Å². The third-order valence-corrected chi connectivity index (χ3v) is 5.45. The van der Waals surface area contributed by atoms with Gasteiger partial charge in [-0.05, 0) is 65.8 Å². The van der Waals surface area contributed by atoms with Crippen molar-refractivity contribution in [2.75, 3.05) is 6.26 Å². The third kappa shape index (κ3) is 5.74. The van der Waals surface area contributed by atoms with Gasteiger partial charge < -0.3 is 9.84 Å². The van der Waals surface area contributed by atoms with Gasteiger partial charge in [0.05, 0.1) is 11.3 Å². The molecule has 0 spiro atoms. The zero-order chi connectivity index (χ0) is 21.5. The Morgan fingerprint density at radius 1 is 1.10 bits per heavy atom. The van der Waals surface area contributed by atoms with E-state index in [2.05, 4.69) is 49.2 Å². The topological polar surface area (TPSA) is 59.4 Å². The van der Waals surface area contributed by atoms with Crippen LogP contribution in [0.1, 0.15) is 52.5 Å². The Kier molecular flexibility index (Phi) is 7.31. The molecule has 154 valence electrons. The van der Waals surface area contributed by atoms with Gasteiger partial charge in [0.15, 0.2) is 0 Å². The second-order valence-electron chi connectivity index (χ2n) is 7.20. The number of benzene rings is 2. The van der Waals surface area contributed by atoms with E-state index in [1.807, 2.05) is 30.5 Å². The summed E-state index contributed by atoms with van der Waals surface area (Å²) in [6.07, 6.45) is 7.19. The summed E-state index contributed by atoms with van der Waals surface area (Å²) >= 11 is 1.67. The predicted octanol–water partition coefficient (Wildman–Crippen LogP) is 6.37. The Labute approximate surface area is 181 Å². The molecule has 0 bridgehead atoms. The molecule has 0 atom stereocenters. The van der Waals surface area contributed by atoms with Gasteiger partial charge in [0.2, 0.25) is 0 Å². The van der Waals surface area contributed by atoms with Gasteiger partial charge in [-0.15, -0.1) is 11.8 Å². The normalized spacial score (nSPS) is 11.2. The molecule has 1 aromatic heterocycles. The second kappa shape index (κ2) is 10.1. The van der Waals surface area contributed by atoms with E-state index in [9.17, 15) is 4.79 Å². The molecule has 0 saturated heterocycles. The van der Waals surface area contributed by atoms with Crippen molar-refractivity contribution >= 4 is 29.9 Å². The third-order valence-electron chi connectivity index (χ3n) is 4.72. The summed E-state index contributed by atoms with van der Waals surface area (Å²) in [5.74, 6) is 0.316. The molecular weight excluding hydrogens is 394 g/mol. The highest BCUT2D eigenvalue weighted by atomic mass is 32.2. The summed E-state index contributed by atoms with van der Waals surface area (Å²) < 4.78 is 6.10. The second-order valence-corrected chi connectivity index (χ2v) is 8.08. The van der Waals surface area contributed by atoms with E-state index in [1.165, 1.54) is 11.8 Å². The van der Waals surface area contributed by atoms with Crippen molar-refractivity contribution in [3.8, 4) is 5.75 Å². The monoisotopic (exact) mass is 419 g/mol. The van der Waals surface area contributed by atoms with Crippen molar-refractivity contribution in [2.24, 2.45) is 0 Å². The van der Waals surface area contributed by atoms with Crippen molar-refractivity contribution in [3.05, 3.63) is 88.7 Å². The van der Waals surface area contributed by atoms with Gasteiger partial charge in [0, 0.05) is 16.7 Å². The van der Waals surface area contributed by atoms with Crippen molar-refractivity contribution in [2.45, 2.75) is 31.3 Å². The summed E-state index contributed by atoms with van der Waals surface area (Å²) in [6.45, 7) is 4.85. The maximum absolute atomic E-state index is 11.0. The molecule has 0 amide bonds. The van der Waals surface area contributed by atoms with Gasteiger partial charge in [0.1, 0.15) is 12.4 Å². The summed E-state index contributed by atoms with van der Waals surface area (Å²) in [6, 6.07) is 17.8. The number of nitrogens with zero attached hydrogens (tertiary/aromatic N) is 1. The number of rotatable bonds is 8. The SMILES string of the molecule is CSc1ccc(OCc2ccc(C(C)C)cc2)c(/C=C/c2ccc(C(=O)O)cn2)c1. The molecule has 0 aliphatic rings. The lowest BCUT2D eigenvalue weighted by atomic mass is 10.0. The number of ether oxygens (including phenoxy) is 1. The van der Waals surface area contributed by atoms with Crippen LogP contribution < -0.4 is 4.74 Å². The van der Waals surface area contributed by atoms with Crippen molar-refractivity contribution in [3.63, 3.8) is 0 Å². The molecule has 2 aromatic carbocycles. The fourth-order valence-corrected chi connectivity index (χ4v) is 3.33. The van der Waals surface area contributed by atoms with Gasteiger partial charge in [-0.25, -0.2) is 4.79 Å². The van der Waals surface area contributed by atoms with E-state index < -0.39 is 5.97 Å². The first-order chi connectivity index (χ1) is 14.5. The van der Waals surface area contributed by atoms with E-state index in [4.69, 9.17) is 9.84 Å².